The zero-order chi connectivity index (χ0) is 14.1. The zero-order valence-electron chi connectivity index (χ0n) is 11.1. The van der Waals surface area contributed by atoms with E-state index in [0.717, 1.165) is 29.7 Å². The first-order valence-corrected chi connectivity index (χ1v) is 6.73. The highest BCUT2D eigenvalue weighted by Crippen LogP contribution is 2.35. The lowest BCUT2D eigenvalue weighted by Gasteiger charge is -2.24. The van der Waals surface area contributed by atoms with E-state index in [-0.39, 0.29) is 6.10 Å². The van der Waals surface area contributed by atoms with Crippen molar-refractivity contribution in [3.8, 4) is 5.75 Å². The number of nitrogens with zero attached hydrogens (tertiary/aromatic N) is 2. The maximum atomic E-state index is 10.9. The van der Waals surface area contributed by atoms with Crippen molar-refractivity contribution in [3.63, 3.8) is 0 Å². The molecule has 0 aromatic carbocycles. The van der Waals surface area contributed by atoms with Crippen LogP contribution in [0.1, 0.15) is 24.8 Å². The summed E-state index contributed by atoms with van der Waals surface area (Å²) >= 11 is 0. The van der Waals surface area contributed by atoms with Gasteiger partial charge in [-0.3, -0.25) is 0 Å². The summed E-state index contributed by atoms with van der Waals surface area (Å²) in [7, 11) is 0. The quantitative estimate of drug-likeness (QED) is 0.880. The number of hydrogen-bond acceptors (Lipinski definition) is 4. The zero-order valence-corrected chi connectivity index (χ0v) is 11.1. The number of pyridine rings is 1. The number of nitrogen functional groups attached to an aromatic ring is 1. The summed E-state index contributed by atoms with van der Waals surface area (Å²) in [5.41, 5.74) is 7.72. The predicted octanol–water partition coefficient (Wildman–Crippen LogP) is 1.97. The molecular weight excluding hydrogens is 258 g/mol. The Bertz CT molecular complexity index is 567. The molecule has 0 saturated heterocycles. The van der Waals surface area contributed by atoms with Crippen molar-refractivity contribution in [2.75, 3.05) is 18.8 Å². The molecule has 0 unspecified atom stereocenters. The number of aromatic nitrogens is 1. The number of carbonyl (C=O) groups is 1. The molecule has 1 aliphatic heterocycles. The summed E-state index contributed by atoms with van der Waals surface area (Å²) in [4.78, 5) is 16.4. The second kappa shape index (κ2) is 5.03. The minimum Gasteiger partial charge on any atom is -0.490 e. The van der Waals surface area contributed by atoms with Gasteiger partial charge in [-0.05, 0) is 24.8 Å². The van der Waals surface area contributed by atoms with E-state index in [1.54, 1.807) is 12.3 Å². The fraction of sp³-hybridized carbons (Fsp3) is 0.429. The molecule has 1 saturated carbocycles. The van der Waals surface area contributed by atoms with Crippen LogP contribution in [0.5, 0.6) is 5.75 Å². The summed E-state index contributed by atoms with van der Waals surface area (Å²) < 4.78 is 5.87. The molecule has 0 radical (unpaired) electrons. The Balaban J connectivity index is 1.84. The summed E-state index contributed by atoms with van der Waals surface area (Å²) in [6.07, 6.45) is 5.86. The van der Waals surface area contributed by atoms with Gasteiger partial charge in [0.05, 0.1) is 6.10 Å². The Morgan fingerprint density at radius 1 is 1.50 bits per heavy atom. The standard InChI is InChI=1S/C14H17N3O3/c15-13-7-12(20-10-1-2-10)11(8-16-13)9-3-5-17(6-4-9)14(18)19/h3,7-8,10H,1-2,4-6H2,(H2,15,16)(H,18,19). The van der Waals surface area contributed by atoms with E-state index in [4.69, 9.17) is 15.6 Å². The van der Waals surface area contributed by atoms with Gasteiger partial charge in [-0.1, -0.05) is 6.08 Å². The Kier molecular flexibility index (Phi) is 3.22. The number of amides is 1. The van der Waals surface area contributed by atoms with Crippen molar-refractivity contribution in [2.24, 2.45) is 0 Å². The number of carboxylic acid groups (broad SMARTS) is 1. The van der Waals surface area contributed by atoms with E-state index >= 15 is 0 Å². The van der Waals surface area contributed by atoms with Crippen molar-refractivity contribution >= 4 is 17.5 Å². The SMILES string of the molecule is Nc1cc(OC2CC2)c(C2=CCN(C(=O)O)CC2)cn1. The van der Waals surface area contributed by atoms with E-state index in [0.29, 0.717) is 25.3 Å². The number of ether oxygens (including phenoxy) is 1. The minimum absolute atomic E-state index is 0.287. The van der Waals surface area contributed by atoms with Crippen LogP contribution in [0, 0.1) is 0 Å². The lowest BCUT2D eigenvalue weighted by Crippen LogP contribution is -2.33. The highest BCUT2D eigenvalue weighted by Gasteiger charge is 2.26. The van der Waals surface area contributed by atoms with Gasteiger partial charge in [-0.15, -0.1) is 0 Å². The lowest BCUT2D eigenvalue weighted by atomic mass is 10.0. The van der Waals surface area contributed by atoms with Gasteiger partial charge < -0.3 is 20.5 Å². The van der Waals surface area contributed by atoms with E-state index in [9.17, 15) is 4.79 Å². The van der Waals surface area contributed by atoms with Gasteiger partial charge in [-0.2, -0.15) is 0 Å². The molecule has 2 heterocycles. The monoisotopic (exact) mass is 275 g/mol. The van der Waals surface area contributed by atoms with Gasteiger partial charge in [0.1, 0.15) is 11.6 Å². The third-order valence-electron chi connectivity index (χ3n) is 3.53. The molecule has 1 aliphatic carbocycles. The Morgan fingerprint density at radius 3 is 2.90 bits per heavy atom. The second-order valence-electron chi connectivity index (χ2n) is 5.13. The van der Waals surface area contributed by atoms with Crippen molar-refractivity contribution in [1.29, 1.82) is 0 Å². The van der Waals surface area contributed by atoms with Crippen LogP contribution in [0.2, 0.25) is 0 Å². The molecule has 0 bridgehead atoms. The van der Waals surface area contributed by atoms with Crippen molar-refractivity contribution < 1.29 is 14.6 Å². The average molecular weight is 275 g/mol. The molecule has 1 aromatic rings. The van der Waals surface area contributed by atoms with E-state index in [2.05, 4.69) is 4.98 Å². The minimum atomic E-state index is -0.884. The first-order valence-electron chi connectivity index (χ1n) is 6.73. The summed E-state index contributed by atoms with van der Waals surface area (Å²) in [6, 6.07) is 1.75. The maximum Gasteiger partial charge on any atom is 0.407 e. The molecule has 2 aliphatic rings. The van der Waals surface area contributed by atoms with Crippen molar-refractivity contribution in [2.45, 2.75) is 25.4 Å². The normalized spacial score (nSPS) is 18.6. The highest BCUT2D eigenvalue weighted by molar-refractivity contribution is 5.74. The third-order valence-corrected chi connectivity index (χ3v) is 3.53. The van der Waals surface area contributed by atoms with Gasteiger partial charge in [-0.25, -0.2) is 9.78 Å². The topological polar surface area (TPSA) is 88.7 Å². The van der Waals surface area contributed by atoms with E-state index in [1.807, 2.05) is 6.08 Å². The molecule has 0 atom stereocenters. The van der Waals surface area contributed by atoms with Gasteiger partial charge >= 0.3 is 6.09 Å². The van der Waals surface area contributed by atoms with Gasteiger partial charge in [0.25, 0.3) is 0 Å². The molecular formula is C14H17N3O3. The Morgan fingerprint density at radius 2 is 2.30 bits per heavy atom. The van der Waals surface area contributed by atoms with Crippen LogP contribution in [0.15, 0.2) is 18.3 Å². The first-order chi connectivity index (χ1) is 9.63. The molecule has 3 N–H and O–H groups in total. The lowest BCUT2D eigenvalue weighted by molar-refractivity contribution is 0.150. The average Bonchev–Trinajstić information content (AvgIpc) is 3.23. The molecule has 106 valence electrons. The third kappa shape index (κ3) is 2.68. The Hall–Kier alpha value is -2.24. The molecule has 1 aromatic heterocycles. The van der Waals surface area contributed by atoms with Crippen LogP contribution in [0.4, 0.5) is 10.6 Å². The van der Waals surface area contributed by atoms with E-state index < -0.39 is 6.09 Å². The molecule has 6 heteroatoms. The highest BCUT2D eigenvalue weighted by atomic mass is 16.5. The molecule has 6 nitrogen and oxygen atoms in total. The smallest absolute Gasteiger partial charge is 0.407 e. The van der Waals surface area contributed by atoms with Crippen LogP contribution in [0.3, 0.4) is 0 Å². The number of hydrogen-bond donors (Lipinski definition) is 2. The van der Waals surface area contributed by atoms with Crippen LogP contribution in [0.25, 0.3) is 5.57 Å². The van der Waals surface area contributed by atoms with Crippen LogP contribution in [-0.4, -0.2) is 40.3 Å². The van der Waals surface area contributed by atoms with Crippen molar-refractivity contribution in [1.82, 2.24) is 9.88 Å². The van der Waals surface area contributed by atoms with Gasteiger partial charge in [0, 0.05) is 30.9 Å². The number of anilines is 1. The van der Waals surface area contributed by atoms with Crippen LogP contribution in [-0.2, 0) is 0 Å². The predicted molar refractivity (Wildman–Crippen MR) is 74.5 cm³/mol. The van der Waals surface area contributed by atoms with Crippen LogP contribution < -0.4 is 10.5 Å². The molecule has 1 fully saturated rings. The molecule has 1 amide bonds. The molecule has 20 heavy (non-hydrogen) atoms. The maximum absolute atomic E-state index is 10.9. The second-order valence-corrected chi connectivity index (χ2v) is 5.13. The van der Waals surface area contributed by atoms with Gasteiger partial charge in [0.2, 0.25) is 0 Å². The first kappa shape index (κ1) is 12.8. The summed E-state index contributed by atoms with van der Waals surface area (Å²) in [6.45, 7) is 0.895. The Labute approximate surface area is 116 Å². The number of rotatable bonds is 3. The summed E-state index contributed by atoms with van der Waals surface area (Å²) in [5, 5.41) is 8.96. The van der Waals surface area contributed by atoms with Crippen molar-refractivity contribution in [3.05, 3.63) is 23.9 Å². The molecule has 0 spiro atoms. The molecule has 3 rings (SSSR count). The number of nitrogens with two attached hydrogens (primary N) is 1. The van der Waals surface area contributed by atoms with E-state index in [1.165, 1.54) is 4.90 Å². The van der Waals surface area contributed by atoms with Crippen LogP contribution >= 0.6 is 0 Å². The fourth-order valence-corrected chi connectivity index (χ4v) is 2.24. The largest absolute Gasteiger partial charge is 0.490 e. The summed E-state index contributed by atoms with van der Waals surface area (Å²) in [5.74, 6) is 1.20. The fourth-order valence-electron chi connectivity index (χ4n) is 2.24. The van der Waals surface area contributed by atoms with Gasteiger partial charge in [0.15, 0.2) is 0 Å².